The highest BCUT2D eigenvalue weighted by molar-refractivity contribution is 5.81. The molecule has 0 N–H and O–H groups in total. The molecule has 0 fully saturated rings. The molecule has 3 aromatic heterocycles. The Hall–Kier alpha value is -4.40. The average Bonchev–Trinajstić information content (AvgIpc) is 3.42. The second-order valence-electron chi connectivity index (χ2n) is 8.62. The van der Waals surface area contributed by atoms with Crippen LogP contribution >= 0.6 is 0 Å². The molecule has 2 aromatic carbocycles. The van der Waals surface area contributed by atoms with Crippen LogP contribution in [-0.2, 0) is 36.5 Å². The van der Waals surface area contributed by atoms with E-state index in [0.717, 1.165) is 32.8 Å². The van der Waals surface area contributed by atoms with E-state index in [4.69, 9.17) is 9.72 Å². The molecule has 0 spiro atoms. The summed E-state index contributed by atoms with van der Waals surface area (Å²) in [7, 11) is 3.10. The topological polar surface area (TPSA) is 92.5 Å². The Kier molecular flexibility index (Phi) is 5.83. The fourth-order valence-electron chi connectivity index (χ4n) is 4.73. The number of aromatic nitrogens is 5. The molecule has 0 atom stereocenters. The number of carbonyl (C=O) groups excluding carboxylic acids is 1. The molecule has 5 rings (SSSR count). The third-order valence-electron chi connectivity index (χ3n) is 6.44. The molecule has 0 unspecified atom stereocenters. The van der Waals surface area contributed by atoms with Gasteiger partial charge in [0, 0.05) is 25.3 Å². The highest BCUT2D eigenvalue weighted by Crippen LogP contribution is 2.33. The Bertz CT molecular complexity index is 1720. The first-order valence-corrected chi connectivity index (χ1v) is 11.9. The smallest absolute Gasteiger partial charge is 0.332 e. The van der Waals surface area contributed by atoms with Crippen LogP contribution in [0.2, 0.25) is 0 Å². The summed E-state index contributed by atoms with van der Waals surface area (Å²) >= 11 is 0. The number of ether oxygens (including phenoxy) is 1. The number of nitrogens with zero attached hydrogens (tertiary/aromatic N) is 5. The highest BCUT2D eigenvalue weighted by Gasteiger charge is 2.26. The minimum Gasteiger partial charge on any atom is -0.466 e. The van der Waals surface area contributed by atoms with Crippen molar-refractivity contribution in [3.8, 4) is 16.9 Å². The van der Waals surface area contributed by atoms with E-state index in [2.05, 4.69) is 0 Å². The van der Waals surface area contributed by atoms with Gasteiger partial charge in [0.1, 0.15) is 0 Å². The Morgan fingerprint density at radius 2 is 1.64 bits per heavy atom. The van der Waals surface area contributed by atoms with Gasteiger partial charge in [-0.3, -0.25) is 27.7 Å². The summed E-state index contributed by atoms with van der Waals surface area (Å²) in [4.78, 5) is 42.6. The van der Waals surface area contributed by atoms with Gasteiger partial charge >= 0.3 is 11.7 Å². The molecular weight excluding hydrogens is 458 g/mol. The molecule has 36 heavy (non-hydrogen) atoms. The summed E-state index contributed by atoms with van der Waals surface area (Å²) < 4.78 is 11.5. The predicted molar refractivity (Wildman–Crippen MR) is 138 cm³/mol. The van der Waals surface area contributed by atoms with Crippen molar-refractivity contribution in [3.05, 3.63) is 86.7 Å². The largest absolute Gasteiger partial charge is 0.466 e. The zero-order chi connectivity index (χ0) is 25.6. The lowest BCUT2D eigenvalue weighted by molar-refractivity contribution is -0.142. The van der Waals surface area contributed by atoms with Crippen LogP contribution in [0.15, 0.2) is 64.2 Å². The molecule has 0 amide bonds. The third-order valence-corrected chi connectivity index (χ3v) is 6.44. The number of esters is 1. The monoisotopic (exact) mass is 485 g/mol. The Morgan fingerprint density at radius 1 is 0.944 bits per heavy atom. The molecule has 0 saturated heterocycles. The van der Waals surface area contributed by atoms with Crippen molar-refractivity contribution in [1.82, 2.24) is 23.1 Å². The van der Waals surface area contributed by atoms with E-state index < -0.39 is 11.2 Å². The molecule has 184 valence electrons. The van der Waals surface area contributed by atoms with Crippen LogP contribution in [0.5, 0.6) is 0 Å². The van der Waals surface area contributed by atoms with Crippen molar-refractivity contribution < 1.29 is 9.53 Å². The van der Waals surface area contributed by atoms with Crippen molar-refractivity contribution in [1.29, 1.82) is 0 Å². The van der Waals surface area contributed by atoms with E-state index >= 15 is 0 Å². The molecule has 9 heteroatoms. The Labute approximate surface area is 206 Å². The molecule has 3 heterocycles. The molecule has 9 nitrogen and oxygen atoms in total. The average molecular weight is 486 g/mol. The quantitative estimate of drug-likeness (QED) is 0.345. The maximum atomic E-state index is 13.3. The van der Waals surface area contributed by atoms with Gasteiger partial charge in [0.15, 0.2) is 11.2 Å². The van der Waals surface area contributed by atoms with Gasteiger partial charge in [-0.2, -0.15) is 4.98 Å². The molecule has 0 radical (unpaired) electrons. The van der Waals surface area contributed by atoms with Crippen LogP contribution in [-0.4, -0.2) is 35.7 Å². The summed E-state index contributed by atoms with van der Waals surface area (Å²) in [5.74, 6) is 0.264. The van der Waals surface area contributed by atoms with Gasteiger partial charge in [-0.05, 0) is 31.0 Å². The highest BCUT2D eigenvalue weighted by atomic mass is 16.5. The number of rotatable bonds is 6. The number of hydrogen-bond donors (Lipinski definition) is 0. The molecule has 5 aromatic rings. The van der Waals surface area contributed by atoms with Gasteiger partial charge in [-0.15, -0.1) is 0 Å². The van der Waals surface area contributed by atoms with Gasteiger partial charge < -0.3 is 4.74 Å². The van der Waals surface area contributed by atoms with Gasteiger partial charge in [0.05, 0.1) is 24.4 Å². The number of aryl methyl sites for hydroxylation is 2. The molecule has 0 aliphatic carbocycles. The zero-order valence-corrected chi connectivity index (χ0v) is 20.7. The third kappa shape index (κ3) is 3.55. The second-order valence-corrected chi connectivity index (χ2v) is 8.62. The molecule has 0 bridgehead atoms. The molecule has 0 aliphatic rings. The minimum atomic E-state index is -0.426. The van der Waals surface area contributed by atoms with Gasteiger partial charge in [0.2, 0.25) is 5.78 Å². The van der Waals surface area contributed by atoms with E-state index in [-0.39, 0.29) is 12.4 Å². The maximum absolute atomic E-state index is 13.3. The normalized spacial score (nSPS) is 11.4. The van der Waals surface area contributed by atoms with Crippen molar-refractivity contribution in [3.63, 3.8) is 0 Å². The van der Waals surface area contributed by atoms with E-state index in [1.54, 1.807) is 14.0 Å². The van der Waals surface area contributed by atoms with Crippen molar-refractivity contribution in [2.45, 2.75) is 26.7 Å². The van der Waals surface area contributed by atoms with Gasteiger partial charge in [-0.1, -0.05) is 49.4 Å². The summed E-state index contributed by atoms with van der Waals surface area (Å²) in [5, 5.41) is 0. The number of fused-ring (bicyclic) bond motifs is 3. The van der Waals surface area contributed by atoms with E-state index in [1.165, 1.54) is 11.6 Å². The first kappa shape index (κ1) is 23.3. The summed E-state index contributed by atoms with van der Waals surface area (Å²) in [6.07, 6.45) is 0.818. The van der Waals surface area contributed by atoms with Crippen LogP contribution in [0.3, 0.4) is 0 Å². The van der Waals surface area contributed by atoms with Crippen molar-refractivity contribution in [2.24, 2.45) is 14.1 Å². The van der Waals surface area contributed by atoms with Gasteiger partial charge in [0.25, 0.3) is 5.56 Å². The first-order chi connectivity index (χ1) is 17.4. The lowest BCUT2D eigenvalue weighted by atomic mass is 10.1. The van der Waals surface area contributed by atoms with Crippen LogP contribution in [0.25, 0.3) is 33.9 Å². The fraction of sp³-hybridized carbons (Fsp3) is 0.259. The SMILES string of the molecule is CCOC(=O)Cc1ccc(-n2c(-c3ccccc3)c(CC)n3c4c(=O)n(C)c(=O)n(C)c4nc23)cc1. The minimum absolute atomic E-state index is 0.187. The Morgan fingerprint density at radius 3 is 2.28 bits per heavy atom. The van der Waals surface area contributed by atoms with Crippen LogP contribution in [0, 0.1) is 0 Å². The first-order valence-electron chi connectivity index (χ1n) is 11.9. The number of carbonyl (C=O) groups is 1. The standard InChI is InChI=1S/C27H27N5O4/c1-5-20-22(18-10-8-7-9-11-18)31(19-14-12-17(13-15-19)16-21(33)36-6-2)26-28-24-23(32(20)26)25(34)30(4)27(35)29(24)3/h7-15H,5-6,16H2,1-4H3. The fourth-order valence-corrected chi connectivity index (χ4v) is 4.73. The Balaban J connectivity index is 1.84. The number of imidazole rings is 2. The van der Waals surface area contributed by atoms with Crippen LogP contribution in [0.4, 0.5) is 0 Å². The lowest BCUT2D eigenvalue weighted by Gasteiger charge is -2.12. The van der Waals surface area contributed by atoms with E-state index in [9.17, 15) is 14.4 Å². The van der Waals surface area contributed by atoms with Crippen molar-refractivity contribution in [2.75, 3.05) is 6.61 Å². The predicted octanol–water partition coefficient (Wildman–Crippen LogP) is 3.01. The van der Waals surface area contributed by atoms with Crippen LogP contribution in [0.1, 0.15) is 25.1 Å². The van der Waals surface area contributed by atoms with E-state index in [1.807, 2.05) is 70.5 Å². The zero-order valence-electron chi connectivity index (χ0n) is 20.7. The molecular formula is C27H27N5O4. The van der Waals surface area contributed by atoms with E-state index in [0.29, 0.717) is 30.0 Å². The molecule has 0 aliphatic heterocycles. The van der Waals surface area contributed by atoms with Crippen LogP contribution < -0.4 is 11.2 Å². The number of hydrogen-bond acceptors (Lipinski definition) is 5. The second kappa shape index (κ2) is 8.99. The van der Waals surface area contributed by atoms with Crippen molar-refractivity contribution >= 4 is 22.9 Å². The number of benzene rings is 2. The summed E-state index contributed by atoms with van der Waals surface area (Å²) in [6, 6.07) is 17.6. The summed E-state index contributed by atoms with van der Waals surface area (Å²) in [5.41, 5.74) is 4.33. The molecule has 0 saturated carbocycles. The lowest BCUT2D eigenvalue weighted by Crippen LogP contribution is -2.37. The summed E-state index contributed by atoms with van der Waals surface area (Å²) in [6.45, 7) is 4.16. The van der Waals surface area contributed by atoms with Gasteiger partial charge in [-0.25, -0.2) is 4.79 Å². The maximum Gasteiger partial charge on any atom is 0.332 e.